The summed E-state index contributed by atoms with van der Waals surface area (Å²) in [7, 11) is 0. The lowest BCUT2D eigenvalue weighted by Gasteiger charge is -2.36. The normalized spacial score (nSPS) is 16.0. The summed E-state index contributed by atoms with van der Waals surface area (Å²) in [5, 5.41) is 10.7. The van der Waals surface area contributed by atoms with Crippen molar-refractivity contribution in [3.63, 3.8) is 0 Å². The van der Waals surface area contributed by atoms with Gasteiger partial charge in [-0.05, 0) is 38.2 Å². The molecule has 1 unspecified atom stereocenters. The maximum absolute atomic E-state index is 11.9. The first-order valence-electron chi connectivity index (χ1n) is 7.57. The molecule has 1 aliphatic heterocycles. The van der Waals surface area contributed by atoms with E-state index in [2.05, 4.69) is 0 Å². The Bertz CT molecular complexity index is 644. The van der Waals surface area contributed by atoms with Gasteiger partial charge in [-0.25, -0.2) is 0 Å². The highest BCUT2D eigenvalue weighted by molar-refractivity contribution is 6.13. The molecule has 1 atom stereocenters. The predicted octanol–water partition coefficient (Wildman–Crippen LogP) is 3.18. The van der Waals surface area contributed by atoms with E-state index in [1.54, 1.807) is 12.1 Å². The SMILES string of the molecule is CCC(CC(C)(C)N1C(=O)C=CC1=O)c1ccc([N+](=O)[O-])cc1. The lowest BCUT2D eigenvalue weighted by molar-refractivity contribution is -0.384. The first-order chi connectivity index (χ1) is 10.8. The van der Waals surface area contributed by atoms with Crippen LogP contribution >= 0.6 is 0 Å². The number of imide groups is 1. The van der Waals surface area contributed by atoms with E-state index < -0.39 is 10.5 Å². The molecule has 1 heterocycles. The summed E-state index contributed by atoms with van der Waals surface area (Å²) in [6, 6.07) is 6.46. The van der Waals surface area contributed by atoms with Crippen LogP contribution in [0.25, 0.3) is 0 Å². The predicted molar refractivity (Wildman–Crippen MR) is 85.8 cm³/mol. The van der Waals surface area contributed by atoms with Gasteiger partial charge in [0, 0.05) is 29.8 Å². The van der Waals surface area contributed by atoms with E-state index in [9.17, 15) is 19.7 Å². The van der Waals surface area contributed by atoms with E-state index in [0.717, 1.165) is 12.0 Å². The molecule has 0 saturated heterocycles. The zero-order valence-electron chi connectivity index (χ0n) is 13.5. The Morgan fingerprint density at radius 2 is 1.65 bits per heavy atom. The fraction of sp³-hybridized carbons (Fsp3) is 0.412. The molecule has 0 spiro atoms. The Balaban J connectivity index is 2.19. The van der Waals surface area contributed by atoms with Crippen LogP contribution in [0.15, 0.2) is 36.4 Å². The number of hydrogen-bond donors (Lipinski definition) is 0. The van der Waals surface area contributed by atoms with Gasteiger partial charge < -0.3 is 0 Å². The highest BCUT2D eigenvalue weighted by atomic mass is 16.6. The van der Waals surface area contributed by atoms with Crippen LogP contribution < -0.4 is 0 Å². The van der Waals surface area contributed by atoms with Crippen molar-refractivity contribution in [3.05, 3.63) is 52.1 Å². The van der Waals surface area contributed by atoms with E-state index in [0.29, 0.717) is 6.42 Å². The number of carbonyl (C=O) groups excluding carboxylic acids is 2. The minimum Gasteiger partial charge on any atom is -0.270 e. The van der Waals surface area contributed by atoms with Crippen LogP contribution in [0, 0.1) is 10.1 Å². The van der Waals surface area contributed by atoms with Gasteiger partial charge in [0.2, 0.25) is 0 Å². The van der Waals surface area contributed by atoms with Crippen molar-refractivity contribution in [3.8, 4) is 0 Å². The lowest BCUT2D eigenvalue weighted by Crippen LogP contribution is -2.48. The van der Waals surface area contributed by atoms with Crippen molar-refractivity contribution in [1.82, 2.24) is 4.90 Å². The first-order valence-corrected chi connectivity index (χ1v) is 7.57. The van der Waals surface area contributed by atoms with Crippen molar-refractivity contribution in [2.45, 2.75) is 45.1 Å². The Hall–Kier alpha value is -2.50. The summed E-state index contributed by atoms with van der Waals surface area (Å²) in [4.78, 5) is 35.4. The Morgan fingerprint density at radius 3 is 2.09 bits per heavy atom. The molecule has 1 aliphatic rings. The summed E-state index contributed by atoms with van der Waals surface area (Å²) in [6.45, 7) is 5.75. The molecule has 2 amide bonds. The van der Waals surface area contributed by atoms with Gasteiger partial charge >= 0.3 is 0 Å². The van der Waals surface area contributed by atoms with Gasteiger partial charge in [-0.3, -0.25) is 24.6 Å². The molecule has 1 aromatic rings. The van der Waals surface area contributed by atoms with Crippen molar-refractivity contribution < 1.29 is 14.5 Å². The Labute approximate surface area is 134 Å². The topological polar surface area (TPSA) is 80.5 Å². The molecule has 0 fully saturated rings. The molecule has 2 rings (SSSR count). The number of carbonyl (C=O) groups is 2. The van der Waals surface area contributed by atoms with Crippen molar-refractivity contribution >= 4 is 17.5 Å². The summed E-state index contributed by atoms with van der Waals surface area (Å²) >= 11 is 0. The standard InChI is InChI=1S/C17H20N2O4/c1-4-12(13-5-7-14(8-6-13)19(22)23)11-17(2,3)18-15(20)9-10-16(18)21/h5-10,12H,4,11H2,1-3H3. The van der Waals surface area contributed by atoms with E-state index in [1.165, 1.54) is 29.2 Å². The summed E-state index contributed by atoms with van der Waals surface area (Å²) in [5.74, 6) is -0.482. The van der Waals surface area contributed by atoms with Crippen LogP contribution in [0.1, 0.15) is 45.1 Å². The fourth-order valence-corrected chi connectivity index (χ4v) is 3.06. The Morgan fingerprint density at radius 1 is 1.13 bits per heavy atom. The third-order valence-corrected chi connectivity index (χ3v) is 4.23. The molecule has 0 aliphatic carbocycles. The smallest absolute Gasteiger partial charge is 0.269 e. The zero-order chi connectivity index (χ0) is 17.2. The first kappa shape index (κ1) is 16.9. The van der Waals surface area contributed by atoms with Gasteiger partial charge in [0.25, 0.3) is 17.5 Å². The molecule has 23 heavy (non-hydrogen) atoms. The third kappa shape index (κ3) is 3.47. The third-order valence-electron chi connectivity index (χ3n) is 4.23. The summed E-state index contributed by atoms with van der Waals surface area (Å²) in [5.41, 5.74) is 0.398. The number of benzene rings is 1. The molecule has 0 N–H and O–H groups in total. The Kier molecular flexibility index (Phi) is 4.63. The molecule has 1 aromatic carbocycles. The van der Waals surface area contributed by atoms with Crippen molar-refractivity contribution in [2.75, 3.05) is 0 Å². The fourth-order valence-electron chi connectivity index (χ4n) is 3.06. The highest BCUT2D eigenvalue weighted by Gasteiger charge is 2.38. The zero-order valence-corrected chi connectivity index (χ0v) is 13.5. The van der Waals surface area contributed by atoms with Gasteiger partial charge in [0.1, 0.15) is 0 Å². The summed E-state index contributed by atoms with van der Waals surface area (Å²) < 4.78 is 0. The van der Waals surface area contributed by atoms with Crippen LogP contribution in [0.2, 0.25) is 0 Å². The van der Waals surface area contributed by atoms with Crippen molar-refractivity contribution in [2.24, 2.45) is 0 Å². The molecule has 0 radical (unpaired) electrons. The maximum atomic E-state index is 11.9. The van der Waals surface area contributed by atoms with E-state index in [1.807, 2.05) is 20.8 Å². The number of nitro benzene ring substituents is 1. The molecule has 6 heteroatoms. The molecule has 0 aromatic heterocycles. The largest absolute Gasteiger partial charge is 0.270 e. The molecular formula is C17H20N2O4. The second-order valence-electron chi connectivity index (χ2n) is 6.32. The van der Waals surface area contributed by atoms with E-state index >= 15 is 0 Å². The molecule has 6 nitrogen and oxygen atoms in total. The number of amides is 2. The van der Waals surface area contributed by atoms with Gasteiger partial charge in [-0.1, -0.05) is 19.1 Å². The second-order valence-corrected chi connectivity index (χ2v) is 6.32. The molecule has 122 valence electrons. The number of hydrogen-bond acceptors (Lipinski definition) is 4. The second kappa shape index (κ2) is 6.32. The van der Waals surface area contributed by atoms with Crippen LogP contribution in [-0.4, -0.2) is 27.2 Å². The molecule has 0 saturated carbocycles. The molecule has 0 bridgehead atoms. The molecular weight excluding hydrogens is 296 g/mol. The van der Waals surface area contributed by atoms with Crippen molar-refractivity contribution in [1.29, 1.82) is 0 Å². The number of non-ortho nitro benzene ring substituents is 1. The summed E-state index contributed by atoms with van der Waals surface area (Å²) in [6.07, 6.45) is 3.99. The van der Waals surface area contributed by atoms with E-state index in [-0.39, 0.29) is 23.4 Å². The highest BCUT2D eigenvalue weighted by Crippen LogP contribution is 2.34. The number of rotatable bonds is 6. The van der Waals surface area contributed by atoms with Crippen LogP contribution in [0.4, 0.5) is 5.69 Å². The monoisotopic (exact) mass is 316 g/mol. The van der Waals surface area contributed by atoms with Crippen LogP contribution in [0.5, 0.6) is 0 Å². The minimum atomic E-state index is -0.625. The number of nitro groups is 1. The van der Waals surface area contributed by atoms with Gasteiger partial charge in [0.05, 0.1) is 4.92 Å². The van der Waals surface area contributed by atoms with E-state index in [4.69, 9.17) is 0 Å². The minimum absolute atomic E-state index is 0.0527. The quantitative estimate of drug-likeness (QED) is 0.458. The van der Waals surface area contributed by atoms with Gasteiger partial charge in [-0.2, -0.15) is 0 Å². The van der Waals surface area contributed by atoms with Gasteiger partial charge in [-0.15, -0.1) is 0 Å². The average Bonchev–Trinajstić information content (AvgIpc) is 2.84. The van der Waals surface area contributed by atoms with Crippen LogP contribution in [0.3, 0.4) is 0 Å². The van der Waals surface area contributed by atoms with Gasteiger partial charge in [0.15, 0.2) is 0 Å². The average molecular weight is 316 g/mol. The lowest BCUT2D eigenvalue weighted by atomic mass is 9.83. The maximum Gasteiger partial charge on any atom is 0.269 e. The van der Waals surface area contributed by atoms with Crippen LogP contribution in [-0.2, 0) is 9.59 Å². The number of nitrogens with zero attached hydrogens (tertiary/aromatic N) is 2.